The highest BCUT2D eigenvalue weighted by Gasteiger charge is 2.01. The van der Waals surface area contributed by atoms with Crippen molar-refractivity contribution in [2.24, 2.45) is 5.92 Å². The molecule has 12 heavy (non-hydrogen) atoms. The van der Waals surface area contributed by atoms with Crippen molar-refractivity contribution < 1.29 is 9.53 Å². The largest absolute Gasteiger partial charge is 0.466 e. The van der Waals surface area contributed by atoms with E-state index in [-0.39, 0.29) is 5.97 Å². The summed E-state index contributed by atoms with van der Waals surface area (Å²) in [5, 5.41) is 0.867. The number of esters is 1. The number of alkyl halides is 1. The molecule has 0 aromatic carbocycles. The first kappa shape index (κ1) is 11.9. The van der Waals surface area contributed by atoms with E-state index in [0.29, 0.717) is 18.9 Å². The van der Waals surface area contributed by atoms with Crippen LogP contribution in [-0.4, -0.2) is 17.9 Å². The Kier molecular flexibility index (Phi) is 7.56. The van der Waals surface area contributed by atoms with Crippen LogP contribution >= 0.6 is 15.9 Å². The van der Waals surface area contributed by atoms with Crippen LogP contribution in [0.5, 0.6) is 0 Å². The summed E-state index contributed by atoms with van der Waals surface area (Å²) < 4.78 is 5.00. The first-order chi connectivity index (χ1) is 5.66. The second kappa shape index (κ2) is 7.59. The summed E-state index contributed by atoms with van der Waals surface area (Å²) in [5.41, 5.74) is 0. The SMILES string of the molecule is CC(C)CCOC(=O)CCCBr. The summed E-state index contributed by atoms with van der Waals surface area (Å²) in [6.07, 6.45) is 2.35. The number of carbonyl (C=O) groups is 1. The van der Waals surface area contributed by atoms with Crippen molar-refractivity contribution in [3.63, 3.8) is 0 Å². The fourth-order valence-electron chi connectivity index (χ4n) is 0.692. The molecule has 0 aromatic heterocycles. The molecule has 0 spiro atoms. The van der Waals surface area contributed by atoms with Crippen molar-refractivity contribution >= 4 is 21.9 Å². The van der Waals surface area contributed by atoms with Crippen LogP contribution in [0.4, 0.5) is 0 Å². The van der Waals surface area contributed by atoms with Crippen LogP contribution < -0.4 is 0 Å². The van der Waals surface area contributed by atoms with Gasteiger partial charge in [0, 0.05) is 11.8 Å². The molecule has 0 aliphatic rings. The number of carbonyl (C=O) groups excluding carboxylic acids is 1. The lowest BCUT2D eigenvalue weighted by Crippen LogP contribution is -2.07. The Morgan fingerprint density at radius 1 is 1.50 bits per heavy atom. The zero-order valence-electron chi connectivity index (χ0n) is 7.81. The third-order valence-corrected chi connectivity index (χ3v) is 2.03. The molecule has 0 N–H and O–H groups in total. The Morgan fingerprint density at radius 2 is 2.17 bits per heavy atom. The number of hydrogen-bond donors (Lipinski definition) is 0. The first-order valence-corrected chi connectivity index (χ1v) is 5.50. The van der Waals surface area contributed by atoms with Gasteiger partial charge < -0.3 is 4.74 Å². The topological polar surface area (TPSA) is 26.3 Å². The average Bonchev–Trinajstić information content (AvgIpc) is 2.00. The Morgan fingerprint density at radius 3 is 2.67 bits per heavy atom. The highest BCUT2D eigenvalue weighted by atomic mass is 79.9. The molecular weight excluding hydrogens is 220 g/mol. The minimum Gasteiger partial charge on any atom is -0.466 e. The molecule has 3 heteroatoms. The average molecular weight is 237 g/mol. The molecule has 2 nitrogen and oxygen atoms in total. The molecule has 0 saturated carbocycles. The summed E-state index contributed by atoms with van der Waals surface area (Å²) in [5.74, 6) is 0.532. The molecule has 0 atom stereocenters. The van der Waals surface area contributed by atoms with Gasteiger partial charge in [0.05, 0.1) is 6.61 Å². The van der Waals surface area contributed by atoms with Crippen molar-refractivity contribution in [3.8, 4) is 0 Å². The van der Waals surface area contributed by atoms with Crippen LogP contribution in [0.2, 0.25) is 0 Å². The Labute approximate surface area is 82.8 Å². The van der Waals surface area contributed by atoms with Crippen molar-refractivity contribution in [1.82, 2.24) is 0 Å². The van der Waals surface area contributed by atoms with Crippen LogP contribution in [-0.2, 0) is 9.53 Å². The van der Waals surface area contributed by atoms with Crippen molar-refractivity contribution in [1.29, 1.82) is 0 Å². The van der Waals surface area contributed by atoms with E-state index < -0.39 is 0 Å². The predicted octanol–water partition coefficient (Wildman–Crippen LogP) is 2.75. The lowest BCUT2D eigenvalue weighted by atomic mass is 10.1. The highest BCUT2D eigenvalue weighted by molar-refractivity contribution is 9.09. The third-order valence-electron chi connectivity index (χ3n) is 1.47. The molecule has 0 aromatic rings. The maximum atomic E-state index is 10.9. The monoisotopic (exact) mass is 236 g/mol. The maximum Gasteiger partial charge on any atom is 0.305 e. The lowest BCUT2D eigenvalue weighted by Gasteiger charge is -2.05. The molecule has 72 valence electrons. The summed E-state index contributed by atoms with van der Waals surface area (Å²) in [6, 6.07) is 0. The minimum atomic E-state index is -0.0740. The van der Waals surface area contributed by atoms with E-state index in [2.05, 4.69) is 29.8 Å². The molecule has 0 fully saturated rings. The van der Waals surface area contributed by atoms with Gasteiger partial charge >= 0.3 is 5.97 Å². The number of ether oxygens (including phenoxy) is 1. The van der Waals surface area contributed by atoms with Gasteiger partial charge in [-0.15, -0.1) is 0 Å². The minimum absolute atomic E-state index is 0.0740. The van der Waals surface area contributed by atoms with Gasteiger partial charge in [-0.25, -0.2) is 0 Å². The van der Waals surface area contributed by atoms with Gasteiger partial charge in [0.25, 0.3) is 0 Å². The van der Waals surface area contributed by atoms with E-state index in [9.17, 15) is 4.79 Å². The van der Waals surface area contributed by atoms with E-state index in [1.165, 1.54) is 0 Å². The van der Waals surface area contributed by atoms with Crippen LogP contribution in [0.25, 0.3) is 0 Å². The standard InChI is InChI=1S/C9H17BrO2/c1-8(2)5-7-12-9(11)4-3-6-10/h8H,3-7H2,1-2H3. The third kappa shape index (κ3) is 8.05. The molecule has 0 aliphatic carbocycles. The van der Waals surface area contributed by atoms with E-state index >= 15 is 0 Å². The second-order valence-electron chi connectivity index (χ2n) is 3.20. The summed E-state index contributed by atoms with van der Waals surface area (Å²) >= 11 is 3.26. The number of hydrogen-bond acceptors (Lipinski definition) is 2. The second-order valence-corrected chi connectivity index (χ2v) is 3.99. The predicted molar refractivity (Wildman–Crippen MR) is 53.4 cm³/mol. The Hall–Kier alpha value is -0.0500. The quantitative estimate of drug-likeness (QED) is 0.524. The van der Waals surface area contributed by atoms with Gasteiger partial charge in [-0.2, -0.15) is 0 Å². The van der Waals surface area contributed by atoms with Crippen molar-refractivity contribution in [2.75, 3.05) is 11.9 Å². The van der Waals surface area contributed by atoms with E-state index in [1.807, 2.05) is 0 Å². The number of rotatable bonds is 6. The van der Waals surface area contributed by atoms with Crippen LogP contribution in [0.3, 0.4) is 0 Å². The van der Waals surface area contributed by atoms with Gasteiger partial charge in [0.1, 0.15) is 0 Å². The van der Waals surface area contributed by atoms with Gasteiger partial charge in [0.15, 0.2) is 0 Å². The van der Waals surface area contributed by atoms with Gasteiger partial charge in [-0.1, -0.05) is 29.8 Å². The molecule has 0 saturated heterocycles. The van der Waals surface area contributed by atoms with Crippen LogP contribution in [0, 0.1) is 5.92 Å². The Bertz CT molecular complexity index is 124. The molecule has 0 aliphatic heterocycles. The van der Waals surface area contributed by atoms with Crippen LogP contribution in [0.1, 0.15) is 33.1 Å². The Balaban J connectivity index is 3.20. The first-order valence-electron chi connectivity index (χ1n) is 4.38. The zero-order chi connectivity index (χ0) is 9.40. The molecule has 0 radical (unpaired) electrons. The normalized spacial score (nSPS) is 10.3. The molecular formula is C9H17BrO2. The van der Waals surface area contributed by atoms with Crippen LogP contribution in [0.15, 0.2) is 0 Å². The summed E-state index contributed by atoms with van der Waals surface area (Å²) in [4.78, 5) is 10.9. The number of halogens is 1. The highest BCUT2D eigenvalue weighted by Crippen LogP contribution is 2.01. The van der Waals surface area contributed by atoms with E-state index in [0.717, 1.165) is 18.2 Å². The van der Waals surface area contributed by atoms with Gasteiger partial charge in [-0.05, 0) is 18.8 Å². The molecule has 0 rings (SSSR count). The molecule has 0 heterocycles. The smallest absolute Gasteiger partial charge is 0.305 e. The van der Waals surface area contributed by atoms with Gasteiger partial charge in [0.2, 0.25) is 0 Å². The molecule has 0 unspecified atom stereocenters. The van der Waals surface area contributed by atoms with Crippen molar-refractivity contribution in [3.05, 3.63) is 0 Å². The van der Waals surface area contributed by atoms with Gasteiger partial charge in [-0.3, -0.25) is 4.79 Å². The summed E-state index contributed by atoms with van der Waals surface area (Å²) in [6.45, 7) is 4.80. The lowest BCUT2D eigenvalue weighted by molar-refractivity contribution is -0.143. The molecule has 0 bridgehead atoms. The fraction of sp³-hybridized carbons (Fsp3) is 0.889. The fourth-order valence-corrected chi connectivity index (χ4v) is 0.972. The molecule has 0 amide bonds. The summed E-state index contributed by atoms with van der Waals surface area (Å²) in [7, 11) is 0. The zero-order valence-corrected chi connectivity index (χ0v) is 9.39. The van der Waals surface area contributed by atoms with E-state index in [4.69, 9.17) is 4.74 Å². The van der Waals surface area contributed by atoms with Crippen molar-refractivity contribution in [2.45, 2.75) is 33.1 Å². The maximum absolute atomic E-state index is 10.9. The van der Waals surface area contributed by atoms with E-state index in [1.54, 1.807) is 0 Å².